The maximum atomic E-state index is 11.7. The fourth-order valence-corrected chi connectivity index (χ4v) is 2.78. The van der Waals surface area contributed by atoms with Crippen LogP contribution in [0.25, 0.3) is 0 Å². The Morgan fingerprint density at radius 2 is 2.35 bits per heavy atom. The first-order valence-electron chi connectivity index (χ1n) is 6.33. The molecule has 3 aliphatic rings. The van der Waals surface area contributed by atoms with Gasteiger partial charge in [0.25, 0.3) is 5.91 Å². The van der Waals surface area contributed by atoms with E-state index in [4.69, 9.17) is 4.74 Å². The molecule has 0 bridgehead atoms. The first kappa shape index (κ1) is 11.2. The molecule has 2 fully saturated rings. The van der Waals surface area contributed by atoms with Crippen LogP contribution in [0.2, 0.25) is 0 Å². The largest absolute Gasteiger partial charge is 0.367 e. The molecule has 94 valence electrons. The van der Waals surface area contributed by atoms with Gasteiger partial charge >= 0.3 is 0 Å². The highest BCUT2D eigenvalue weighted by atomic mass is 16.5. The number of amidine groups is 1. The number of carbonyl (C=O) groups is 1. The van der Waals surface area contributed by atoms with Crippen LogP contribution in [-0.4, -0.2) is 54.0 Å². The summed E-state index contributed by atoms with van der Waals surface area (Å²) in [5.41, 5.74) is -0.638. The van der Waals surface area contributed by atoms with E-state index in [1.54, 1.807) is 0 Å². The number of aliphatic imine (C=N–C) groups is 1. The Morgan fingerprint density at radius 1 is 1.53 bits per heavy atom. The van der Waals surface area contributed by atoms with Crippen molar-refractivity contribution in [3.8, 4) is 0 Å². The Kier molecular flexibility index (Phi) is 2.48. The fraction of sp³-hybridized carbons (Fsp3) is 0.833. The molecule has 3 aliphatic heterocycles. The van der Waals surface area contributed by atoms with Gasteiger partial charge in [-0.1, -0.05) is 0 Å². The summed E-state index contributed by atoms with van der Waals surface area (Å²) in [6.07, 6.45) is 2.43. The van der Waals surface area contributed by atoms with Gasteiger partial charge in [-0.15, -0.1) is 0 Å². The van der Waals surface area contributed by atoms with Crippen molar-refractivity contribution in [3.63, 3.8) is 0 Å². The highest BCUT2D eigenvalue weighted by Gasteiger charge is 2.40. The Bertz CT molecular complexity index is 378. The average molecular weight is 237 g/mol. The Hall–Kier alpha value is -0.940. The number of carbonyl (C=O) groups excluding carboxylic acids is 1. The van der Waals surface area contributed by atoms with E-state index in [1.165, 1.54) is 12.8 Å². The van der Waals surface area contributed by atoms with Crippen molar-refractivity contribution < 1.29 is 9.53 Å². The number of morpholine rings is 1. The first-order chi connectivity index (χ1) is 8.06. The Labute approximate surface area is 101 Å². The first-order valence-corrected chi connectivity index (χ1v) is 6.33. The van der Waals surface area contributed by atoms with Crippen LogP contribution in [0.4, 0.5) is 0 Å². The standard InChI is InChI=1S/C12H19N3O2/c1-12(2)11(16)13-10(14-12)9-6-15-5-3-4-8(15)7-17-9/h8-9H,3-7H2,1-2H3,(H,13,14,16). The van der Waals surface area contributed by atoms with E-state index in [2.05, 4.69) is 15.2 Å². The van der Waals surface area contributed by atoms with Gasteiger partial charge in [-0.3, -0.25) is 14.7 Å². The highest BCUT2D eigenvalue weighted by Crippen LogP contribution is 2.25. The third-order valence-electron chi connectivity index (χ3n) is 3.89. The van der Waals surface area contributed by atoms with E-state index in [9.17, 15) is 4.79 Å². The highest BCUT2D eigenvalue weighted by molar-refractivity contribution is 6.09. The zero-order chi connectivity index (χ0) is 12.0. The summed E-state index contributed by atoms with van der Waals surface area (Å²) < 4.78 is 5.83. The Morgan fingerprint density at radius 3 is 3.06 bits per heavy atom. The summed E-state index contributed by atoms with van der Waals surface area (Å²) in [7, 11) is 0. The molecule has 0 aromatic carbocycles. The molecule has 3 heterocycles. The number of ether oxygens (including phenoxy) is 1. The van der Waals surface area contributed by atoms with Gasteiger partial charge in [-0.25, -0.2) is 0 Å². The van der Waals surface area contributed by atoms with E-state index in [0.29, 0.717) is 11.9 Å². The van der Waals surface area contributed by atoms with Crippen LogP contribution in [0.15, 0.2) is 4.99 Å². The van der Waals surface area contributed by atoms with Crippen LogP contribution in [0.5, 0.6) is 0 Å². The molecule has 0 aromatic heterocycles. The fourth-order valence-electron chi connectivity index (χ4n) is 2.78. The van der Waals surface area contributed by atoms with Crippen LogP contribution in [0.1, 0.15) is 26.7 Å². The Balaban J connectivity index is 1.72. The second-order valence-electron chi connectivity index (χ2n) is 5.62. The van der Waals surface area contributed by atoms with Crippen LogP contribution in [0, 0.1) is 0 Å². The minimum atomic E-state index is -0.638. The summed E-state index contributed by atoms with van der Waals surface area (Å²) in [6, 6.07) is 0.581. The zero-order valence-electron chi connectivity index (χ0n) is 10.4. The van der Waals surface area contributed by atoms with Crippen molar-refractivity contribution in [2.45, 2.75) is 44.4 Å². The molecule has 1 N–H and O–H groups in total. The molecule has 5 nitrogen and oxygen atoms in total. The molecular weight excluding hydrogens is 218 g/mol. The number of hydrogen-bond acceptors (Lipinski definition) is 4. The van der Waals surface area contributed by atoms with Gasteiger partial charge in [0, 0.05) is 12.6 Å². The maximum absolute atomic E-state index is 11.7. The number of hydrogen-bond donors (Lipinski definition) is 1. The van der Waals surface area contributed by atoms with Crippen LogP contribution < -0.4 is 5.32 Å². The summed E-state index contributed by atoms with van der Waals surface area (Å²) >= 11 is 0. The van der Waals surface area contributed by atoms with Crippen molar-refractivity contribution in [1.82, 2.24) is 10.2 Å². The minimum absolute atomic E-state index is 0.0281. The van der Waals surface area contributed by atoms with E-state index >= 15 is 0 Å². The van der Waals surface area contributed by atoms with Gasteiger partial charge < -0.3 is 10.1 Å². The number of amides is 1. The number of nitrogens with zero attached hydrogens (tertiary/aromatic N) is 2. The van der Waals surface area contributed by atoms with Gasteiger partial charge in [0.05, 0.1) is 6.61 Å². The second kappa shape index (κ2) is 3.78. The predicted molar refractivity (Wildman–Crippen MR) is 64.0 cm³/mol. The summed E-state index contributed by atoms with van der Waals surface area (Å²) in [5, 5.41) is 2.85. The maximum Gasteiger partial charge on any atom is 0.252 e. The summed E-state index contributed by atoms with van der Waals surface area (Å²) in [6.45, 7) is 6.43. The lowest BCUT2D eigenvalue weighted by Crippen LogP contribution is -2.51. The lowest BCUT2D eigenvalue weighted by atomic mass is 10.1. The van der Waals surface area contributed by atoms with Crippen molar-refractivity contribution in [3.05, 3.63) is 0 Å². The third kappa shape index (κ3) is 1.87. The molecule has 1 amide bonds. The molecule has 3 rings (SSSR count). The monoisotopic (exact) mass is 237 g/mol. The molecular formula is C12H19N3O2. The smallest absolute Gasteiger partial charge is 0.252 e. The topological polar surface area (TPSA) is 53.9 Å². The molecule has 5 heteroatoms. The lowest BCUT2D eigenvalue weighted by molar-refractivity contribution is -0.122. The molecule has 2 atom stereocenters. The number of rotatable bonds is 1. The molecule has 2 saturated heterocycles. The van der Waals surface area contributed by atoms with Crippen LogP contribution in [-0.2, 0) is 9.53 Å². The molecule has 0 aliphatic carbocycles. The van der Waals surface area contributed by atoms with E-state index < -0.39 is 5.54 Å². The van der Waals surface area contributed by atoms with E-state index in [1.807, 2.05) is 13.8 Å². The molecule has 0 aromatic rings. The SMILES string of the molecule is CC1(C)N=C(C2CN3CCCC3CO2)NC1=O. The molecule has 2 unspecified atom stereocenters. The van der Waals surface area contributed by atoms with Crippen molar-refractivity contribution in [2.75, 3.05) is 19.7 Å². The third-order valence-corrected chi connectivity index (χ3v) is 3.89. The zero-order valence-corrected chi connectivity index (χ0v) is 10.4. The normalized spacial score (nSPS) is 36.6. The van der Waals surface area contributed by atoms with Gasteiger partial charge in [0.1, 0.15) is 17.5 Å². The number of fused-ring (bicyclic) bond motifs is 1. The van der Waals surface area contributed by atoms with Crippen LogP contribution >= 0.6 is 0 Å². The van der Waals surface area contributed by atoms with Gasteiger partial charge in [-0.2, -0.15) is 0 Å². The molecule has 0 radical (unpaired) electrons. The second-order valence-corrected chi connectivity index (χ2v) is 5.62. The van der Waals surface area contributed by atoms with E-state index in [-0.39, 0.29) is 12.0 Å². The quantitative estimate of drug-likeness (QED) is 0.706. The lowest BCUT2D eigenvalue weighted by Gasteiger charge is -2.34. The summed E-state index contributed by atoms with van der Waals surface area (Å²) in [4.78, 5) is 18.6. The van der Waals surface area contributed by atoms with Gasteiger partial charge in [0.15, 0.2) is 0 Å². The van der Waals surface area contributed by atoms with Crippen molar-refractivity contribution >= 4 is 11.7 Å². The average Bonchev–Trinajstić information content (AvgIpc) is 2.83. The van der Waals surface area contributed by atoms with Gasteiger partial charge in [-0.05, 0) is 33.2 Å². The predicted octanol–water partition coefficient (Wildman–Crippen LogP) is 0.157. The van der Waals surface area contributed by atoms with Crippen molar-refractivity contribution in [2.24, 2.45) is 4.99 Å². The van der Waals surface area contributed by atoms with Crippen molar-refractivity contribution in [1.29, 1.82) is 0 Å². The van der Waals surface area contributed by atoms with Gasteiger partial charge in [0.2, 0.25) is 0 Å². The van der Waals surface area contributed by atoms with E-state index in [0.717, 1.165) is 19.7 Å². The summed E-state index contributed by atoms with van der Waals surface area (Å²) in [5.74, 6) is 0.685. The molecule has 17 heavy (non-hydrogen) atoms. The molecule has 0 spiro atoms. The number of nitrogens with one attached hydrogen (secondary N) is 1. The minimum Gasteiger partial charge on any atom is -0.367 e. The van der Waals surface area contributed by atoms with Crippen LogP contribution in [0.3, 0.4) is 0 Å². The molecule has 0 saturated carbocycles.